The Bertz CT molecular complexity index is 1370. The SMILES string of the molecule is CS(=O)(=O)N(OCCNc1nonc1-c1noc(=O)n1-c1ccc(F)c(Br)c1)S(C)(=O)=O. The molecule has 0 aliphatic rings. The van der Waals surface area contributed by atoms with Crippen molar-refractivity contribution in [1.29, 1.82) is 0 Å². The summed E-state index contributed by atoms with van der Waals surface area (Å²) in [5.41, 5.74) is 0.133. The van der Waals surface area contributed by atoms with Crippen molar-refractivity contribution >= 4 is 41.8 Å². The second-order valence-corrected chi connectivity index (χ2v) is 10.8. The summed E-state index contributed by atoms with van der Waals surface area (Å²) in [4.78, 5) is 17.0. The molecule has 1 N–H and O–H groups in total. The number of hydrogen-bond acceptors (Lipinski definition) is 12. The maximum atomic E-state index is 13.5. The predicted molar refractivity (Wildman–Crippen MR) is 109 cm³/mol. The van der Waals surface area contributed by atoms with Gasteiger partial charge in [0.25, 0.3) is 0 Å². The molecule has 0 spiro atoms. The van der Waals surface area contributed by atoms with Crippen LogP contribution in [0, 0.1) is 5.82 Å². The van der Waals surface area contributed by atoms with Crippen LogP contribution in [0.5, 0.6) is 0 Å². The molecule has 0 saturated carbocycles. The Hall–Kier alpha value is -2.67. The van der Waals surface area contributed by atoms with Crippen LogP contribution in [0.3, 0.4) is 0 Å². The first kappa shape index (κ1) is 24.0. The Morgan fingerprint density at radius 1 is 1.19 bits per heavy atom. The van der Waals surface area contributed by atoms with Gasteiger partial charge in [-0.25, -0.2) is 35.2 Å². The summed E-state index contributed by atoms with van der Waals surface area (Å²) in [6.07, 6.45) is 1.33. The van der Waals surface area contributed by atoms with Crippen LogP contribution in [0.1, 0.15) is 0 Å². The number of aromatic nitrogens is 4. The lowest BCUT2D eigenvalue weighted by Gasteiger charge is -2.16. The fraction of sp³-hybridized carbons (Fsp3) is 0.286. The molecule has 0 atom stereocenters. The molecular formula is C14H14BrFN6O8S2. The van der Waals surface area contributed by atoms with E-state index in [-0.39, 0.29) is 37.9 Å². The molecule has 174 valence electrons. The number of hydrogen-bond donors (Lipinski definition) is 1. The zero-order valence-corrected chi connectivity index (χ0v) is 19.4. The van der Waals surface area contributed by atoms with Crippen molar-refractivity contribution in [3.05, 3.63) is 39.0 Å². The summed E-state index contributed by atoms with van der Waals surface area (Å²) < 4.78 is 70.0. The molecule has 2 heterocycles. The van der Waals surface area contributed by atoms with Gasteiger partial charge in [-0.05, 0) is 44.4 Å². The van der Waals surface area contributed by atoms with E-state index in [1.165, 1.54) is 12.1 Å². The minimum atomic E-state index is -4.19. The van der Waals surface area contributed by atoms with Gasteiger partial charge in [-0.15, -0.1) is 0 Å². The first-order valence-corrected chi connectivity index (χ1v) is 12.8. The van der Waals surface area contributed by atoms with E-state index in [1.807, 2.05) is 0 Å². The molecule has 14 nitrogen and oxygen atoms in total. The topological polar surface area (TPSA) is 180 Å². The maximum absolute atomic E-state index is 13.5. The lowest BCUT2D eigenvalue weighted by molar-refractivity contribution is -0.00802. The Morgan fingerprint density at radius 3 is 2.50 bits per heavy atom. The molecule has 1 aromatic carbocycles. The lowest BCUT2D eigenvalue weighted by Crippen LogP contribution is -2.36. The largest absolute Gasteiger partial charge is 0.446 e. The van der Waals surface area contributed by atoms with Crippen molar-refractivity contribution in [3.63, 3.8) is 0 Å². The molecular weight excluding hydrogens is 543 g/mol. The highest BCUT2D eigenvalue weighted by molar-refractivity contribution is 9.10. The van der Waals surface area contributed by atoms with E-state index in [4.69, 9.17) is 4.84 Å². The maximum Gasteiger partial charge on any atom is 0.446 e. The average molecular weight is 557 g/mol. The molecule has 32 heavy (non-hydrogen) atoms. The van der Waals surface area contributed by atoms with Gasteiger partial charge in [-0.3, -0.25) is 9.36 Å². The minimum absolute atomic E-state index is 0.0397. The third-order valence-electron chi connectivity index (χ3n) is 3.60. The van der Waals surface area contributed by atoms with E-state index >= 15 is 0 Å². The van der Waals surface area contributed by atoms with Crippen molar-refractivity contribution < 1.29 is 35.2 Å². The zero-order valence-electron chi connectivity index (χ0n) is 16.2. The number of nitrogens with one attached hydrogen (secondary N) is 1. The summed E-state index contributed by atoms with van der Waals surface area (Å²) in [7, 11) is -8.38. The van der Waals surface area contributed by atoms with E-state index in [9.17, 15) is 26.0 Å². The van der Waals surface area contributed by atoms with Gasteiger partial charge >= 0.3 is 5.76 Å². The number of nitrogens with zero attached hydrogens (tertiary/aromatic N) is 5. The van der Waals surface area contributed by atoms with Crippen molar-refractivity contribution in [2.24, 2.45) is 0 Å². The highest BCUT2D eigenvalue weighted by Crippen LogP contribution is 2.26. The minimum Gasteiger partial charge on any atom is -0.363 e. The Balaban J connectivity index is 1.80. The normalized spacial score (nSPS) is 12.4. The van der Waals surface area contributed by atoms with Crippen LogP contribution in [-0.4, -0.2) is 66.4 Å². The molecule has 0 fully saturated rings. The summed E-state index contributed by atoms with van der Waals surface area (Å²) in [6, 6.07) is 3.74. The van der Waals surface area contributed by atoms with Crippen LogP contribution in [0.25, 0.3) is 17.2 Å². The van der Waals surface area contributed by atoms with Gasteiger partial charge in [0.2, 0.25) is 31.7 Å². The molecule has 0 radical (unpaired) electrons. The van der Waals surface area contributed by atoms with Gasteiger partial charge in [0.15, 0.2) is 5.69 Å². The number of halogens is 2. The van der Waals surface area contributed by atoms with Gasteiger partial charge < -0.3 is 5.32 Å². The van der Waals surface area contributed by atoms with Gasteiger partial charge in [-0.1, -0.05) is 5.16 Å². The molecule has 18 heteroatoms. The third-order valence-corrected chi connectivity index (χ3v) is 7.13. The second kappa shape index (κ2) is 9.06. The Kier molecular flexibility index (Phi) is 6.79. The lowest BCUT2D eigenvalue weighted by atomic mass is 10.3. The number of rotatable bonds is 9. The van der Waals surface area contributed by atoms with Crippen LogP contribution in [0.15, 0.2) is 36.6 Å². The fourth-order valence-corrected chi connectivity index (χ4v) is 5.30. The molecule has 0 aliphatic carbocycles. The third kappa shape index (κ3) is 5.21. The van der Waals surface area contributed by atoms with Crippen molar-refractivity contribution in [1.82, 2.24) is 23.9 Å². The van der Waals surface area contributed by atoms with E-state index in [1.54, 1.807) is 0 Å². The van der Waals surface area contributed by atoms with E-state index in [0.717, 1.165) is 10.6 Å². The zero-order chi connectivity index (χ0) is 23.7. The molecule has 0 bridgehead atoms. The van der Waals surface area contributed by atoms with Crippen LogP contribution < -0.4 is 11.1 Å². The summed E-state index contributed by atoms with van der Waals surface area (Å²) in [5.74, 6) is -1.62. The summed E-state index contributed by atoms with van der Waals surface area (Å²) in [6.45, 7) is -0.560. The van der Waals surface area contributed by atoms with Crippen molar-refractivity contribution in [2.45, 2.75) is 0 Å². The van der Waals surface area contributed by atoms with Gasteiger partial charge in [0.05, 0.1) is 29.3 Å². The highest BCUT2D eigenvalue weighted by atomic mass is 79.9. The smallest absolute Gasteiger partial charge is 0.363 e. The monoisotopic (exact) mass is 556 g/mol. The number of anilines is 1. The average Bonchev–Trinajstić information content (AvgIpc) is 3.27. The van der Waals surface area contributed by atoms with Crippen LogP contribution in [0.4, 0.5) is 10.2 Å². The quantitative estimate of drug-likeness (QED) is 0.282. The molecule has 0 saturated heterocycles. The molecule has 0 unspecified atom stereocenters. The second-order valence-electron chi connectivity index (χ2n) is 6.12. The Morgan fingerprint density at radius 2 is 1.88 bits per heavy atom. The number of sulfonamides is 2. The fourth-order valence-electron chi connectivity index (χ4n) is 2.43. The first-order chi connectivity index (χ1) is 14.9. The molecule has 2 aromatic heterocycles. The highest BCUT2D eigenvalue weighted by Gasteiger charge is 2.28. The van der Waals surface area contributed by atoms with Gasteiger partial charge in [0, 0.05) is 10.4 Å². The molecule has 3 rings (SSSR count). The summed E-state index contributed by atoms with van der Waals surface area (Å²) >= 11 is 3.02. The van der Waals surface area contributed by atoms with E-state index in [0.29, 0.717) is 12.5 Å². The van der Waals surface area contributed by atoms with Crippen molar-refractivity contribution in [2.75, 3.05) is 31.0 Å². The van der Waals surface area contributed by atoms with Gasteiger partial charge in [-0.2, -0.15) is 0 Å². The molecule has 3 aromatic rings. The predicted octanol–water partition coefficient (Wildman–Crippen LogP) is 0.342. The van der Waals surface area contributed by atoms with E-state index < -0.39 is 38.2 Å². The number of benzene rings is 1. The van der Waals surface area contributed by atoms with Gasteiger partial charge in [0.1, 0.15) is 5.82 Å². The van der Waals surface area contributed by atoms with E-state index in [2.05, 4.69) is 45.9 Å². The Labute approximate surface area is 188 Å². The van der Waals surface area contributed by atoms with Crippen LogP contribution in [-0.2, 0) is 24.9 Å². The molecule has 0 amide bonds. The summed E-state index contributed by atoms with van der Waals surface area (Å²) in [5, 5.41) is 13.6. The van der Waals surface area contributed by atoms with Crippen LogP contribution >= 0.6 is 15.9 Å². The van der Waals surface area contributed by atoms with Crippen LogP contribution in [0.2, 0.25) is 0 Å². The standard InChI is InChI=1S/C14H14BrFN6O8S2/c1-31(24,25)22(32(2,26)27)28-6-5-17-12-11(18-30-19-12)13-20-29-14(23)21(13)8-3-4-10(16)9(15)7-8/h3-4,7H,5-6H2,1-2H3,(H,17,19). The van der Waals surface area contributed by atoms with Crippen molar-refractivity contribution in [3.8, 4) is 17.2 Å². The first-order valence-electron chi connectivity index (χ1n) is 8.34. The molecule has 0 aliphatic heterocycles.